The van der Waals surface area contributed by atoms with Crippen molar-refractivity contribution < 1.29 is 22.4 Å². The van der Waals surface area contributed by atoms with Gasteiger partial charge in [0.2, 0.25) is 0 Å². The highest BCUT2D eigenvalue weighted by atomic mass is 32.2. The fraction of sp³-hybridized carbons (Fsp3) is 0.182. The van der Waals surface area contributed by atoms with E-state index in [1.54, 1.807) is 24.3 Å². The summed E-state index contributed by atoms with van der Waals surface area (Å²) >= 11 is 1.35. The molecule has 0 aliphatic heterocycles. The normalized spacial score (nSPS) is 11.5. The summed E-state index contributed by atoms with van der Waals surface area (Å²) in [5.41, 5.74) is 0.922. The van der Waals surface area contributed by atoms with E-state index in [-0.39, 0.29) is 22.9 Å². The van der Waals surface area contributed by atoms with Crippen LogP contribution in [0.25, 0.3) is 10.2 Å². The molecule has 7 nitrogen and oxygen atoms in total. The Morgan fingerprint density at radius 1 is 1.16 bits per heavy atom. The van der Waals surface area contributed by atoms with Crippen LogP contribution in [0, 0.1) is 0 Å². The number of carbonyl (C=O) groups excluding carboxylic acids is 1. The molecule has 0 bridgehead atoms. The lowest BCUT2D eigenvalue weighted by atomic mass is 10.2. The summed E-state index contributed by atoms with van der Waals surface area (Å²) in [5.74, 6) is 0.850. The van der Waals surface area contributed by atoms with Crippen LogP contribution in [0.3, 0.4) is 0 Å². The van der Waals surface area contributed by atoms with Crippen LogP contribution in [-0.2, 0) is 16.4 Å². The maximum absolute atomic E-state index is 13.5. The van der Waals surface area contributed by atoms with Crippen molar-refractivity contribution in [1.82, 2.24) is 4.98 Å². The molecule has 2 heterocycles. The first-order valence-corrected chi connectivity index (χ1v) is 12.2. The molecular formula is C22H20N2O5S2. The molecule has 0 saturated heterocycles. The molecule has 2 aromatic carbocycles. The minimum Gasteiger partial charge on any atom is -0.492 e. The highest BCUT2D eigenvalue weighted by Gasteiger charge is 2.24. The number of hydrogen-bond acceptors (Lipinski definition) is 7. The SMILES string of the molecule is CCOc1cccc2sc(N(Cc3ccco3)C(=O)c3cccc(S(C)(=O)=O)c3)nc12. The number of rotatable bonds is 7. The minimum absolute atomic E-state index is 0.0826. The van der Waals surface area contributed by atoms with Gasteiger partial charge in [-0.3, -0.25) is 9.69 Å². The molecular weight excluding hydrogens is 436 g/mol. The third kappa shape index (κ3) is 4.47. The largest absolute Gasteiger partial charge is 0.492 e. The van der Waals surface area contributed by atoms with E-state index >= 15 is 0 Å². The van der Waals surface area contributed by atoms with Gasteiger partial charge in [-0.15, -0.1) is 0 Å². The predicted octanol–water partition coefficient (Wildman–Crippen LogP) is 4.54. The monoisotopic (exact) mass is 456 g/mol. The maximum atomic E-state index is 13.5. The Balaban J connectivity index is 1.79. The Morgan fingerprint density at radius 3 is 2.68 bits per heavy atom. The average Bonchev–Trinajstić information content (AvgIpc) is 3.41. The number of furan rings is 1. The molecule has 0 spiro atoms. The Bertz CT molecular complexity index is 1330. The number of anilines is 1. The van der Waals surface area contributed by atoms with Crippen molar-refractivity contribution >= 4 is 42.4 Å². The zero-order valence-corrected chi connectivity index (χ0v) is 18.6. The molecule has 4 aromatic rings. The molecule has 9 heteroatoms. The van der Waals surface area contributed by atoms with Crippen LogP contribution in [0.15, 0.2) is 70.2 Å². The molecule has 160 valence electrons. The first-order chi connectivity index (χ1) is 14.9. The lowest BCUT2D eigenvalue weighted by molar-refractivity contribution is 0.0983. The highest BCUT2D eigenvalue weighted by Crippen LogP contribution is 2.35. The molecule has 0 unspecified atom stereocenters. The number of thiazole rings is 1. The van der Waals surface area contributed by atoms with E-state index in [1.807, 2.05) is 25.1 Å². The van der Waals surface area contributed by atoms with Gasteiger partial charge in [-0.05, 0) is 49.4 Å². The first-order valence-electron chi connectivity index (χ1n) is 9.53. The third-order valence-corrected chi connectivity index (χ3v) is 6.70. The van der Waals surface area contributed by atoms with Gasteiger partial charge in [-0.2, -0.15) is 0 Å². The van der Waals surface area contributed by atoms with Gasteiger partial charge in [-0.25, -0.2) is 13.4 Å². The van der Waals surface area contributed by atoms with E-state index in [1.165, 1.54) is 34.6 Å². The maximum Gasteiger partial charge on any atom is 0.260 e. The second-order valence-electron chi connectivity index (χ2n) is 6.80. The number of benzene rings is 2. The van der Waals surface area contributed by atoms with Crippen molar-refractivity contribution in [3.63, 3.8) is 0 Å². The number of para-hydroxylation sites is 1. The lowest BCUT2D eigenvalue weighted by Gasteiger charge is -2.19. The van der Waals surface area contributed by atoms with E-state index in [0.29, 0.717) is 28.8 Å². The molecule has 0 N–H and O–H groups in total. The molecule has 31 heavy (non-hydrogen) atoms. The summed E-state index contributed by atoms with van der Waals surface area (Å²) in [6, 6.07) is 15.1. The standard InChI is InChI=1S/C22H20N2O5S2/c1-3-28-18-10-5-11-19-20(18)23-22(30-19)24(14-16-8-6-12-29-16)21(25)15-7-4-9-17(13-15)31(2,26)27/h4-13H,3,14H2,1-2H3. The molecule has 2 aromatic heterocycles. The van der Waals surface area contributed by atoms with Crippen molar-refractivity contribution in [2.75, 3.05) is 17.8 Å². The Hall–Kier alpha value is -3.17. The van der Waals surface area contributed by atoms with E-state index in [9.17, 15) is 13.2 Å². The summed E-state index contributed by atoms with van der Waals surface area (Å²) < 4.78 is 35.9. The van der Waals surface area contributed by atoms with E-state index < -0.39 is 9.84 Å². The van der Waals surface area contributed by atoms with Gasteiger partial charge in [0.1, 0.15) is 17.0 Å². The zero-order chi connectivity index (χ0) is 22.0. The van der Waals surface area contributed by atoms with Gasteiger partial charge >= 0.3 is 0 Å². The number of ether oxygens (including phenoxy) is 1. The number of fused-ring (bicyclic) bond motifs is 1. The second-order valence-corrected chi connectivity index (χ2v) is 9.83. The topological polar surface area (TPSA) is 89.7 Å². The van der Waals surface area contributed by atoms with Gasteiger partial charge in [0.25, 0.3) is 5.91 Å². The fourth-order valence-corrected chi connectivity index (χ4v) is 4.75. The zero-order valence-electron chi connectivity index (χ0n) is 16.9. The molecule has 4 rings (SSSR count). The minimum atomic E-state index is -3.45. The van der Waals surface area contributed by atoms with Crippen molar-refractivity contribution in [2.45, 2.75) is 18.4 Å². The van der Waals surface area contributed by atoms with Crippen LogP contribution >= 0.6 is 11.3 Å². The second kappa shape index (κ2) is 8.52. The van der Waals surface area contributed by atoms with E-state index in [2.05, 4.69) is 4.98 Å². The smallest absolute Gasteiger partial charge is 0.260 e. The summed E-state index contributed by atoms with van der Waals surface area (Å²) in [4.78, 5) is 19.7. The molecule has 1 amide bonds. The summed E-state index contributed by atoms with van der Waals surface area (Å²) in [6.07, 6.45) is 2.65. The summed E-state index contributed by atoms with van der Waals surface area (Å²) in [7, 11) is -3.45. The Labute approximate surface area is 183 Å². The summed E-state index contributed by atoms with van der Waals surface area (Å²) in [6.45, 7) is 2.55. The number of hydrogen-bond donors (Lipinski definition) is 0. The molecule has 0 saturated carbocycles. The van der Waals surface area contributed by atoms with Crippen molar-refractivity contribution in [3.8, 4) is 5.75 Å². The van der Waals surface area contributed by atoms with Gasteiger partial charge in [0.15, 0.2) is 15.0 Å². The van der Waals surface area contributed by atoms with Crippen LogP contribution in [-0.4, -0.2) is 32.2 Å². The molecule has 0 fully saturated rings. The van der Waals surface area contributed by atoms with Gasteiger partial charge in [-0.1, -0.05) is 23.5 Å². The van der Waals surface area contributed by atoms with Crippen molar-refractivity contribution in [2.24, 2.45) is 0 Å². The fourth-order valence-electron chi connectivity index (χ4n) is 3.10. The van der Waals surface area contributed by atoms with E-state index in [4.69, 9.17) is 9.15 Å². The Kier molecular flexibility index (Phi) is 5.79. The molecule has 0 aliphatic rings. The average molecular weight is 457 g/mol. The van der Waals surface area contributed by atoms with Gasteiger partial charge in [0.05, 0.1) is 29.0 Å². The number of aromatic nitrogens is 1. The molecule has 0 radical (unpaired) electrons. The van der Waals surface area contributed by atoms with Crippen molar-refractivity contribution in [3.05, 3.63) is 72.2 Å². The first kappa shape index (κ1) is 21.1. The number of carbonyl (C=O) groups is 1. The van der Waals surface area contributed by atoms with Crippen LogP contribution < -0.4 is 9.64 Å². The van der Waals surface area contributed by atoms with Crippen LogP contribution in [0.2, 0.25) is 0 Å². The lowest BCUT2D eigenvalue weighted by Crippen LogP contribution is -2.30. The summed E-state index contributed by atoms with van der Waals surface area (Å²) in [5, 5.41) is 0.466. The highest BCUT2D eigenvalue weighted by molar-refractivity contribution is 7.90. The van der Waals surface area contributed by atoms with Crippen LogP contribution in [0.4, 0.5) is 5.13 Å². The number of nitrogens with zero attached hydrogens (tertiary/aromatic N) is 2. The predicted molar refractivity (Wildman–Crippen MR) is 120 cm³/mol. The van der Waals surface area contributed by atoms with E-state index in [0.717, 1.165) is 11.0 Å². The third-order valence-electron chi connectivity index (χ3n) is 4.55. The quantitative estimate of drug-likeness (QED) is 0.406. The van der Waals surface area contributed by atoms with Gasteiger partial charge < -0.3 is 9.15 Å². The van der Waals surface area contributed by atoms with Crippen molar-refractivity contribution in [1.29, 1.82) is 0 Å². The Morgan fingerprint density at radius 2 is 1.97 bits per heavy atom. The number of sulfone groups is 1. The molecule has 0 aliphatic carbocycles. The molecule has 0 atom stereocenters. The van der Waals surface area contributed by atoms with Gasteiger partial charge in [0, 0.05) is 11.8 Å². The number of amides is 1. The van der Waals surface area contributed by atoms with Crippen LogP contribution in [0.5, 0.6) is 5.75 Å². The van der Waals surface area contributed by atoms with Crippen LogP contribution in [0.1, 0.15) is 23.0 Å².